The van der Waals surface area contributed by atoms with Gasteiger partial charge in [-0.15, -0.1) is 0 Å². The van der Waals surface area contributed by atoms with Crippen LogP contribution in [0.2, 0.25) is 0 Å². The Hall–Kier alpha value is -1.72. The molecule has 2 amide bonds. The fourth-order valence-electron chi connectivity index (χ4n) is 1.96. The molecule has 0 saturated carbocycles. The van der Waals surface area contributed by atoms with Crippen molar-refractivity contribution in [3.63, 3.8) is 0 Å². The second kappa shape index (κ2) is 5.75. The molecule has 0 radical (unpaired) electrons. The number of carbonyl (C=O) groups is 2. The minimum absolute atomic E-state index is 0.0169. The SMILES string of the molecule is CNC(CN1C(=O)COCC1=O)c1ccccc1. The number of nitrogens with one attached hydrogen (secondary N) is 1. The Bertz CT molecular complexity index is 417. The summed E-state index contributed by atoms with van der Waals surface area (Å²) in [5, 5.41) is 3.12. The number of nitrogens with zero attached hydrogens (tertiary/aromatic N) is 1. The highest BCUT2D eigenvalue weighted by Gasteiger charge is 2.28. The number of hydrogen-bond acceptors (Lipinski definition) is 4. The Balaban J connectivity index is 2.10. The fraction of sp³-hybridized carbons (Fsp3) is 0.385. The molecule has 0 spiro atoms. The summed E-state index contributed by atoms with van der Waals surface area (Å²) < 4.78 is 4.88. The lowest BCUT2D eigenvalue weighted by atomic mass is 10.1. The summed E-state index contributed by atoms with van der Waals surface area (Å²) in [6, 6.07) is 9.68. The average molecular weight is 248 g/mol. The van der Waals surface area contributed by atoms with E-state index in [0.29, 0.717) is 6.54 Å². The van der Waals surface area contributed by atoms with Crippen molar-refractivity contribution in [3.8, 4) is 0 Å². The van der Waals surface area contributed by atoms with Crippen LogP contribution in [0.15, 0.2) is 30.3 Å². The highest BCUT2D eigenvalue weighted by atomic mass is 16.5. The molecule has 1 aliphatic heterocycles. The van der Waals surface area contributed by atoms with Gasteiger partial charge in [0.25, 0.3) is 11.8 Å². The number of amides is 2. The Kier molecular flexibility index (Phi) is 4.07. The minimum Gasteiger partial charge on any atom is -0.362 e. The normalized spacial score (nSPS) is 17.9. The van der Waals surface area contributed by atoms with Gasteiger partial charge in [0.2, 0.25) is 0 Å². The van der Waals surface area contributed by atoms with Crippen LogP contribution in [0.1, 0.15) is 11.6 Å². The third kappa shape index (κ3) is 2.75. The van der Waals surface area contributed by atoms with Crippen LogP contribution in [0.3, 0.4) is 0 Å². The molecule has 1 fully saturated rings. The third-order valence-corrected chi connectivity index (χ3v) is 2.97. The Labute approximate surface area is 106 Å². The van der Waals surface area contributed by atoms with E-state index in [0.717, 1.165) is 5.56 Å². The average Bonchev–Trinajstić information content (AvgIpc) is 2.40. The van der Waals surface area contributed by atoms with E-state index in [9.17, 15) is 9.59 Å². The summed E-state index contributed by atoms with van der Waals surface area (Å²) >= 11 is 0. The number of rotatable bonds is 4. The van der Waals surface area contributed by atoms with E-state index in [1.165, 1.54) is 4.90 Å². The topological polar surface area (TPSA) is 58.6 Å². The summed E-state index contributed by atoms with van der Waals surface area (Å²) in [5.74, 6) is -0.551. The first-order chi connectivity index (χ1) is 8.72. The van der Waals surface area contributed by atoms with Crippen molar-refractivity contribution in [3.05, 3.63) is 35.9 Å². The van der Waals surface area contributed by atoms with Gasteiger partial charge in [-0.3, -0.25) is 14.5 Å². The minimum atomic E-state index is -0.276. The van der Waals surface area contributed by atoms with E-state index < -0.39 is 0 Å². The van der Waals surface area contributed by atoms with E-state index in [4.69, 9.17) is 4.74 Å². The number of hydrogen-bond donors (Lipinski definition) is 1. The number of carbonyl (C=O) groups excluding carboxylic acids is 2. The number of benzene rings is 1. The monoisotopic (exact) mass is 248 g/mol. The largest absolute Gasteiger partial charge is 0.362 e. The van der Waals surface area contributed by atoms with Gasteiger partial charge in [-0.05, 0) is 12.6 Å². The number of morpholine rings is 1. The van der Waals surface area contributed by atoms with Crippen LogP contribution in [0.25, 0.3) is 0 Å². The summed E-state index contributed by atoms with van der Waals surface area (Å²) in [6.45, 7) is 0.301. The fourth-order valence-corrected chi connectivity index (χ4v) is 1.96. The smallest absolute Gasteiger partial charge is 0.255 e. The molecule has 1 aliphatic rings. The van der Waals surface area contributed by atoms with Gasteiger partial charge in [0.1, 0.15) is 13.2 Å². The van der Waals surface area contributed by atoms with Crippen LogP contribution < -0.4 is 5.32 Å². The molecule has 1 N–H and O–H groups in total. The molecule has 5 heteroatoms. The lowest BCUT2D eigenvalue weighted by molar-refractivity contribution is -0.158. The van der Waals surface area contributed by atoms with Crippen molar-refractivity contribution in [1.29, 1.82) is 0 Å². The zero-order valence-corrected chi connectivity index (χ0v) is 10.3. The van der Waals surface area contributed by atoms with Gasteiger partial charge in [0.05, 0.1) is 6.04 Å². The molecule has 0 aromatic heterocycles. The van der Waals surface area contributed by atoms with Crippen LogP contribution in [0.4, 0.5) is 0 Å². The van der Waals surface area contributed by atoms with Crippen LogP contribution in [0, 0.1) is 0 Å². The van der Waals surface area contributed by atoms with E-state index in [2.05, 4.69) is 5.32 Å². The number of imide groups is 1. The molecule has 1 atom stereocenters. The molecule has 18 heavy (non-hydrogen) atoms. The molecule has 96 valence electrons. The molecular weight excluding hydrogens is 232 g/mol. The van der Waals surface area contributed by atoms with Crippen molar-refractivity contribution in [2.24, 2.45) is 0 Å². The molecule has 5 nitrogen and oxygen atoms in total. The standard InChI is InChI=1S/C13H16N2O3/c1-14-11(10-5-3-2-4-6-10)7-15-12(16)8-18-9-13(15)17/h2-6,11,14H,7-9H2,1H3. The van der Waals surface area contributed by atoms with Gasteiger partial charge in [-0.1, -0.05) is 30.3 Å². The molecule has 1 aromatic carbocycles. The van der Waals surface area contributed by atoms with E-state index in [1.54, 1.807) is 0 Å². The third-order valence-electron chi connectivity index (χ3n) is 2.97. The van der Waals surface area contributed by atoms with E-state index in [1.807, 2.05) is 37.4 Å². The lowest BCUT2D eigenvalue weighted by Gasteiger charge is -2.29. The van der Waals surface area contributed by atoms with E-state index in [-0.39, 0.29) is 31.1 Å². The zero-order chi connectivity index (χ0) is 13.0. The number of ether oxygens (including phenoxy) is 1. The molecule has 1 heterocycles. The predicted octanol–water partition coefficient (Wildman–Crippen LogP) is 0.332. The number of likely N-dealkylation sites (N-methyl/N-ethyl adjacent to an activating group) is 1. The van der Waals surface area contributed by atoms with Crippen molar-refractivity contribution in [2.45, 2.75) is 6.04 Å². The summed E-state index contributed by atoms with van der Waals surface area (Å²) in [5.41, 5.74) is 1.05. The maximum atomic E-state index is 11.6. The quantitative estimate of drug-likeness (QED) is 0.780. The molecule has 1 unspecified atom stereocenters. The lowest BCUT2D eigenvalue weighted by Crippen LogP contribution is -2.49. The first-order valence-electron chi connectivity index (χ1n) is 5.85. The van der Waals surface area contributed by atoms with Gasteiger partial charge in [0.15, 0.2) is 0 Å². The Morgan fingerprint density at radius 2 is 1.83 bits per heavy atom. The first kappa shape index (κ1) is 12.7. The van der Waals surface area contributed by atoms with Crippen molar-refractivity contribution in [2.75, 3.05) is 26.8 Å². The Morgan fingerprint density at radius 1 is 1.22 bits per heavy atom. The van der Waals surface area contributed by atoms with E-state index >= 15 is 0 Å². The molecular formula is C13H16N2O3. The van der Waals surface area contributed by atoms with Crippen molar-refractivity contribution >= 4 is 11.8 Å². The van der Waals surface area contributed by atoms with Crippen molar-refractivity contribution < 1.29 is 14.3 Å². The van der Waals surface area contributed by atoms with Gasteiger partial charge in [-0.25, -0.2) is 0 Å². The predicted molar refractivity (Wildman–Crippen MR) is 65.8 cm³/mol. The molecule has 0 bridgehead atoms. The van der Waals surface area contributed by atoms with Gasteiger partial charge in [0, 0.05) is 6.54 Å². The second-order valence-electron chi connectivity index (χ2n) is 4.14. The highest BCUT2D eigenvalue weighted by molar-refractivity contribution is 5.98. The summed E-state index contributed by atoms with van der Waals surface area (Å²) in [4.78, 5) is 24.5. The van der Waals surface area contributed by atoms with Crippen molar-refractivity contribution in [1.82, 2.24) is 10.2 Å². The van der Waals surface area contributed by atoms with Gasteiger partial charge in [-0.2, -0.15) is 0 Å². The summed E-state index contributed by atoms with van der Waals surface area (Å²) in [6.07, 6.45) is 0. The van der Waals surface area contributed by atoms with Crippen LogP contribution in [-0.4, -0.2) is 43.5 Å². The zero-order valence-electron chi connectivity index (χ0n) is 10.3. The maximum absolute atomic E-state index is 11.6. The van der Waals surface area contributed by atoms with Gasteiger partial charge < -0.3 is 10.1 Å². The molecule has 2 rings (SSSR count). The van der Waals surface area contributed by atoms with Gasteiger partial charge >= 0.3 is 0 Å². The van der Waals surface area contributed by atoms with Crippen LogP contribution in [0.5, 0.6) is 0 Å². The van der Waals surface area contributed by atoms with Crippen LogP contribution in [-0.2, 0) is 14.3 Å². The van der Waals surface area contributed by atoms with Crippen LogP contribution >= 0.6 is 0 Å². The maximum Gasteiger partial charge on any atom is 0.255 e. The summed E-state index contributed by atoms with van der Waals surface area (Å²) in [7, 11) is 1.81. The highest BCUT2D eigenvalue weighted by Crippen LogP contribution is 2.15. The molecule has 1 aromatic rings. The second-order valence-corrected chi connectivity index (χ2v) is 4.14. The first-order valence-corrected chi connectivity index (χ1v) is 5.85. The Morgan fingerprint density at radius 3 is 2.39 bits per heavy atom. The molecule has 0 aliphatic carbocycles. The molecule has 1 saturated heterocycles.